The molecule has 0 spiro atoms. The fourth-order valence-corrected chi connectivity index (χ4v) is 3.78. The third kappa shape index (κ3) is 17.3. The predicted octanol–water partition coefficient (Wildman–Crippen LogP) is 6.83. The summed E-state index contributed by atoms with van der Waals surface area (Å²) in [6, 6.07) is 0.136. The van der Waals surface area contributed by atoms with Crippen LogP contribution in [-0.4, -0.2) is 29.9 Å². The van der Waals surface area contributed by atoms with Crippen LogP contribution in [0.4, 0.5) is 0 Å². The number of hydrogen-bond acceptors (Lipinski definition) is 2. The molecule has 0 bridgehead atoms. The van der Waals surface area contributed by atoms with E-state index in [1.54, 1.807) is 0 Å². The van der Waals surface area contributed by atoms with Crippen LogP contribution in [0.3, 0.4) is 0 Å². The van der Waals surface area contributed by atoms with Gasteiger partial charge in [-0.25, -0.2) is 0 Å². The lowest BCUT2D eigenvalue weighted by molar-refractivity contribution is -0.131. The van der Waals surface area contributed by atoms with Crippen molar-refractivity contribution in [3.63, 3.8) is 0 Å². The zero-order valence-electron chi connectivity index (χ0n) is 18.9. The third-order valence-electron chi connectivity index (χ3n) is 5.45. The number of unbranched alkanes of at least 4 members (excludes halogenated alkanes) is 12. The van der Waals surface area contributed by atoms with Crippen LogP contribution in [0.15, 0.2) is 0 Å². The topological polar surface area (TPSA) is 46.3 Å². The molecule has 0 aromatic rings. The molecule has 0 heterocycles. The Balaban J connectivity index is 3.57. The zero-order chi connectivity index (χ0) is 20.2. The average molecular weight is 383 g/mol. The Hall–Kier alpha value is -0.570. The maximum atomic E-state index is 12.4. The Labute approximate surface area is 170 Å². The summed E-state index contributed by atoms with van der Waals surface area (Å²) in [4.78, 5) is 14.4. The second-order valence-corrected chi connectivity index (χ2v) is 8.38. The van der Waals surface area contributed by atoms with Crippen LogP contribution >= 0.6 is 0 Å². The van der Waals surface area contributed by atoms with Crippen molar-refractivity contribution in [1.82, 2.24) is 4.90 Å². The average Bonchev–Trinajstić information content (AvgIpc) is 2.65. The van der Waals surface area contributed by atoms with E-state index in [-0.39, 0.29) is 6.04 Å². The summed E-state index contributed by atoms with van der Waals surface area (Å²) < 4.78 is 0. The lowest BCUT2D eigenvalue weighted by atomic mass is 10.0. The van der Waals surface area contributed by atoms with Gasteiger partial charge in [0.1, 0.15) is 0 Å². The molecule has 2 N–H and O–H groups in total. The minimum atomic E-state index is 0.136. The van der Waals surface area contributed by atoms with Crippen molar-refractivity contribution in [2.45, 2.75) is 136 Å². The van der Waals surface area contributed by atoms with Gasteiger partial charge in [0.2, 0.25) is 5.91 Å². The number of hydrogen-bond donors (Lipinski definition) is 1. The highest BCUT2D eigenvalue weighted by atomic mass is 16.2. The summed E-state index contributed by atoms with van der Waals surface area (Å²) in [5, 5.41) is 0. The first-order valence-corrected chi connectivity index (χ1v) is 12.2. The van der Waals surface area contributed by atoms with Gasteiger partial charge >= 0.3 is 0 Å². The number of nitrogens with two attached hydrogens (primary N) is 1. The Morgan fingerprint density at radius 1 is 0.704 bits per heavy atom. The lowest BCUT2D eigenvalue weighted by Crippen LogP contribution is -2.41. The molecule has 3 nitrogen and oxygen atoms in total. The molecule has 0 rings (SSSR count). The number of carbonyl (C=O) groups is 1. The van der Waals surface area contributed by atoms with Gasteiger partial charge in [-0.3, -0.25) is 4.79 Å². The first-order valence-electron chi connectivity index (χ1n) is 12.2. The molecule has 0 saturated heterocycles. The van der Waals surface area contributed by atoms with Gasteiger partial charge in [-0.15, -0.1) is 0 Å². The molecule has 0 saturated carbocycles. The van der Waals surface area contributed by atoms with Crippen molar-refractivity contribution >= 4 is 5.91 Å². The van der Waals surface area contributed by atoms with Crippen LogP contribution in [0.1, 0.15) is 130 Å². The smallest absolute Gasteiger partial charge is 0.222 e. The highest BCUT2D eigenvalue weighted by Gasteiger charge is 2.15. The van der Waals surface area contributed by atoms with Gasteiger partial charge in [-0.05, 0) is 19.3 Å². The highest BCUT2D eigenvalue weighted by Crippen LogP contribution is 2.13. The molecule has 0 radical (unpaired) electrons. The van der Waals surface area contributed by atoms with Crippen LogP contribution in [0, 0.1) is 0 Å². The van der Waals surface area contributed by atoms with Crippen LogP contribution in [0.25, 0.3) is 0 Å². The minimum absolute atomic E-state index is 0.136. The van der Waals surface area contributed by atoms with Gasteiger partial charge in [-0.2, -0.15) is 0 Å². The van der Waals surface area contributed by atoms with Gasteiger partial charge in [0.05, 0.1) is 0 Å². The van der Waals surface area contributed by atoms with E-state index in [2.05, 4.69) is 20.8 Å². The van der Waals surface area contributed by atoms with Crippen molar-refractivity contribution in [2.75, 3.05) is 13.1 Å². The van der Waals surface area contributed by atoms with Crippen LogP contribution < -0.4 is 5.73 Å². The molecule has 162 valence electrons. The fraction of sp³-hybridized carbons (Fsp3) is 0.958. The van der Waals surface area contributed by atoms with Crippen LogP contribution in [0.2, 0.25) is 0 Å². The van der Waals surface area contributed by atoms with E-state index < -0.39 is 0 Å². The summed E-state index contributed by atoms with van der Waals surface area (Å²) >= 11 is 0. The minimum Gasteiger partial charge on any atom is -0.341 e. The second kappa shape index (κ2) is 20.2. The van der Waals surface area contributed by atoms with Crippen molar-refractivity contribution in [2.24, 2.45) is 5.73 Å². The summed E-state index contributed by atoms with van der Waals surface area (Å²) in [6.07, 6.45) is 21.3. The molecule has 0 aromatic carbocycles. The molecule has 1 amide bonds. The Morgan fingerprint density at radius 3 is 1.63 bits per heavy atom. The number of rotatable bonds is 20. The van der Waals surface area contributed by atoms with E-state index in [0.29, 0.717) is 12.3 Å². The van der Waals surface area contributed by atoms with Crippen LogP contribution in [0.5, 0.6) is 0 Å². The molecular weight excluding hydrogens is 332 g/mol. The zero-order valence-corrected chi connectivity index (χ0v) is 18.9. The van der Waals surface area contributed by atoms with E-state index in [1.165, 1.54) is 77.0 Å². The molecule has 0 fully saturated rings. The summed E-state index contributed by atoms with van der Waals surface area (Å²) in [7, 11) is 0. The van der Waals surface area contributed by atoms with Crippen molar-refractivity contribution < 1.29 is 4.79 Å². The molecule has 0 aliphatic rings. The lowest BCUT2D eigenvalue weighted by Gasteiger charge is -2.25. The van der Waals surface area contributed by atoms with Gasteiger partial charge in [0, 0.05) is 25.6 Å². The molecular formula is C24H50N2O. The predicted molar refractivity (Wildman–Crippen MR) is 120 cm³/mol. The molecule has 3 heteroatoms. The molecule has 1 unspecified atom stereocenters. The normalized spacial score (nSPS) is 12.3. The van der Waals surface area contributed by atoms with E-state index in [9.17, 15) is 4.79 Å². The molecule has 27 heavy (non-hydrogen) atoms. The Morgan fingerprint density at radius 2 is 1.19 bits per heavy atom. The number of carbonyl (C=O) groups excluding carboxylic acids is 1. The van der Waals surface area contributed by atoms with Gasteiger partial charge in [0.15, 0.2) is 0 Å². The molecule has 0 aromatic heterocycles. The summed E-state index contributed by atoms with van der Waals surface area (Å²) in [5.41, 5.74) is 6.13. The van der Waals surface area contributed by atoms with Crippen molar-refractivity contribution in [3.05, 3.63) is 0 Å². The van der Waals surface area contributed by atoms with E-state index in [0.717, 1.165) is 38.8 Å². The first-order chi connectivity index (χ1) is 13.2. The number of nitrogens with zero attached hydrogens (tertiary/aromatic N) is 1. The first kappa shape index (κ1) is 26.4. The summed E-state index contributed by atoms with van der Waals surface area (Å²) in [5.74, 6) is 0.312. The molecule has 0 aliphatic heterocycles. The molecule has 1 atom stereocenters. The van der Waals surface area contributed by atoms with Gasteiger partial charge in [0.25, 0.3) is 0 Å². The Kier molecular flexibility index (Phi) is 19.7. The summed E-state index contributed by atoms with van der Waals surface area (Å²) in [6.45, 7) is 8.16. The van der Waals surface area contributed by atoms with Crippen molar-refractivity contribution in [3.8, 4) is 0 Å². The largest absolute Gasteiger partial charge is 0.341 e. The maximum Gasteiger partial charge on any atom is 0.222 e. The van der Waals surface area contributed by atoms with Crippen LogP contribution in [-0.2, 0) is 4.79 Å². The third-order valence-corrected chi connectivity index (χ3v) is 5.45. The molecule has 0 aliphatic carbocycles. The highest BCUT2D eigenvalue weighted by molar-refractivity contribution is 5.76. The Bertz CT molecular complexity index is 320. The number of amides is 1. The second-order valence-electron chi connectivity index (χ2n) is 8.38. The van der Waals surface area contributed by atoms with Gasteiger partial charge in [-0.1, -0.05) is 104 Å². The quantitative estimate of drug-likeness (QED) is 0.234. The SMILES string of the molecule is CCCCCCCCCCCCCCCC(=O)N(CCC)CC(N)CCC. The van der Waals surface area contributed by atoms with E-state index in [1.807, 2.05) is 4.90 Å². The maximum absolute atomic E-state index is 12.4. The van der Waals surface area contributed by atoms with E-state index in [4.69, 9.17) is 5.73 Å². The standard InChI is InChI=1S/C24H50N2O/c1-4-7-8-9-10-11-12-13-14-15-16-17-18-20-24(27)26(21-6-3)22-23(25)19-5-2/h23H,4-22,25H2,1-3H3. The monoisotopic (exact) mass is 382 g/mol. The fourth-order valence-electron chi connectivity index (χ4n) is 3.78. The van der Waals surface area contributed by atoms with Crippen molar-refractivity contribution in [1.29, 1.82) is 0 Å². The van der Waals surface area contributed by atoms with E-state index >= 15 is 0 Å². The van der Waals surface area contributed by atoms with Gasteiger partial charge < -0.3 is 10.6 Å².